The van der Waals surface area contributed by atoms with Gasteiger partial charge in [0.2, 0.25) is 0 Å². The molecule has 0 atom stereocenters. The fourth-order valence-corrected chi connectivity index (χ4v) is 2.78. The lowest BCUT2D eigenvalue weighted by Gasteiger charge is -2.08. The van der Waals surface area contributed by atoms with Crippen LogP contribution in [0.15, 0.2) is 79.0 Å². The lowest BCUT2D eigenvalue weighted by Crippen LogP contribution is -2.11. The summed E-state index contributed by atoms with van der Waals surface area (Å²) in [6.07, 6.45) is 1.89. The van der Waals surface area contributed by atoms with Crippen LogP contribution in [-0.4, -0.2) is 18.0 Å². The fraction of sp³-hybridized carbons (Fsp3) is 0.0455. The largest absolute Gasteiger partial charge is 0.497 e. The van der Waals surface area contributed by atoms with E-state index < -0.39 is 0 Å². The van der Waals surface area contributed by atoms with E-state index >= 15 is 0 Å². The molecule has 5 nitrogen and oxygen atoms in total. The van der Waals surface area contributed by atoms with E-state index in [1.165, 1.54) is 0 Å². The first-order chi connectivity index (χ1) is 13.2. The minimum absolute atomic E-state index is 0.180. The Morgan fingerprint density at radius 2 is 1.56 bits per heavy atom. The zero-order valence-corrected chi connectivity index (χ0v) is 14.7. The summed E-state index contributed by atoms with van der Waals surface area (Å²) in [7, 11) is 1.60. The highest BCUT2D eigenvalue weighted by Crippen LogP contribution is 2.25. The van der Waals surface area contributed by atoms with Crippen molar-refractivity contribution in [2.75, 3.05) is 12.4 Å². The molecule has 1 amide bonds. The van der Waals surface area contributed by atoms with E-state index in [0.29, 0.717) is 17.0 Å². The Morgan fingerprint density at radius 3 is 2.30 bits per heavy atom. The molecule has 0 aliphatic rings. The van der Waals surface area contributed by atoms with Gasteiger partial charge in [0.25, 0.3) is 5.91 Å². The molecule has 4 rings (SSSR count). The molecule has 27 heavy (non-hydrogen) atoms. The summed E-state index contributed by atoms with van der Waals surface area (Å²) >= 11 is 0. The van der Waals surface area contributed by atoms with E-state index in [1.807, 2.05) is 30.5 Å². The number of aromatic nitrogens is 1. The molecule has 5 heteroatoms. The van der Waals surface area contributed by atoms with Gasteiger partial charge in [0.15, 0.2) is 0 Å². The molecule has 0 saturated carbocycles. The number of amides is 1. The number of benzene rings is 3. The van der Waals surface area contributed by atoms with Crippen LogP contribution in [0, 0.1) is 0 Å². The summed E-state index contributed by atoms with van der Waals surface area (Å²) in [5.41, 5.74) is 2.33. The van der Waals surface area contributed by atoms with E-state index in [0.717, 1.165) is 22.4 Å². The topological polar surface area (TPSA) is 63.4 Å². The van der Waals surface area contributed by atoms with Gasteiger partial charge in [0, 0.05) is 28.4 Å². The summed E-state index contributed by atoms with van der Waals surface area (Å²) in [6, 6.07) is 22.1. The van der Waals surface area contributed by atoms with Crippen molar-refractivity contribution >= 4 is 22.5 Å². The standard InChI is InChI=1S/C22H18N2O3/c1-26-18-8-4-17(5-9-18)24-22(25)15-2-6-19(7-3-15)27-20-10-11-21-16(14-20)12-13-23-21/h2-14,23H,1H3,(H,24,25). The summed E-state index contributed by atoms with van der Waals surface area (Å²) in [4.78, 5) is 15.5. The van der Waals surface area contributed by atoms with Gasteiger partial charge in [-0.1, -0.05) is 0 Å². The second kappa shape index (κ2) is 7.25. The van der Waals surface area contributed by atoms with E-state index in [-0.39, 0.29) is 5.91 Å². The number of nitrogens with one attached hydrogen (secondary N) is 2. The predicted molar refractivity (Wildman–Crippen MR) is 106 cm³/mol. The van der Waals surface area contributed by atoms with Crippen LogP contribution in [0.4, 0.5) is 5.69 Å². The Labute approximate surface area is 156 Å². The van der Waals surface area contributed by atoms with Gasteiger partial charge in [-0.25, -0.2) is 0 Å². The van der Waals surface area contributed by atoms with Gasteiger partial charge in [0.05, 0.1) is 7.11 Å². The SMILES string of the molecule is COc1ccc(NC(=O)c2ccc(Oc3ccc4[nH]ccc4c3)cc2)cc1. The number of aromatic amines is 1. The van der Waals surface area contributed by atoms with Gasteiger partial charge in [-0.05, 0) is 72.8 Å². The van der Waals surface area contributed by atoms with Crippen LogP contribution in [0.5, 0.6) is 17.2 Å². The van der Waals surface area contributed by atoms with E-state index in [9.17, 15) is 4.79 Å². The second-order valence-corrected chi connectivity index (χ2v) is 6.04. The molecule has 0 unspecified atom stereocenters. The average molecular weight is 358 g/mol. The maximum atomic E-state index is 12.4. The number of carbonyl (C=O) groups excluding carboxylic acids is 1. The van der Waals surface area contributed by atoms with Crippen LogP contribution in [-0.2, 0) is 0 Å². The molecular weight excluding hydrogens is 340 g/mol. The number of fused-ring (bicyclic) bond motifs is 1. The van der Waals surface area contributed by atoms with Crippen LogP contribution in [0.3, 0.4) is 0 Å². The van der Waals surface area contributed by atoms with Crippen LogP contribution < -0.4 is 14.8 Å². The third-order valence-corrected chi connectivity index (χ3v) is 4.22. The summed E-state index contributed by atoms with van der Waals surface area (Å²) in [5.74, 6) is 1.98. The van der Waals surface area contributed by atoms with Crippen molar-refractivity contribution in [3.63, 3.8) is 0 Å². The first kappa shape index (κ1) is 16.7. The second-order valence-electron chi connectivity index (χ2n) is 6.04. The summed E-state index contributed by atoms with van der Waals surface area (Å²) in [6.45, 7) is 0. The monoisotopic (exact) mass is 358 g/mol. The van der Waals surface area contributed by atoms with Crippen molar-refractivity contribution in [1.82, 2.24) is 4.98 Å². The van der Waals surface area contributed by atoms with Crippen LogP contribution in [0.2, 0.25) is 0 Å². The van der Waals surface area contributed by atoms with E-state index in [1.54, 1.807) is 55.6 Å². The number of H-pyrrole nitrogens is 1. The molecule has 1 aromatic heterocycles. The van der Waals surface area contributed by atoms with Crippen molar-refractivity contribution in [2.45, 2.75) is 0 Å². The molecule has 2 N–H and O–H groups in total. The lowest BCUT2D eigenvalue weighted by molar-refractivity contribution is 0.102. The number of methoxy groups -OCH3 is 1. The van der Waals surface area contributed by atoms with Crippen LogP contribution in [0.1, 0.15) is 10.4 Å². The Morgan fingerprint density at radius 1 is 0.852 bits per heavy atom. The smallest absolute Gasteiger partial charge is 0.255 e. The highest BCUT2D eigenvalue weighted by molar-refractivity contribution is 6.04. The van der Waals surface area contributed by atoms with Crippen LogP contribution >= 0.6 is 0 Å². The average Bonchev–Trinajstić information content (AvgIpc) is 3.17. The molecule has 3 aromatic carbocycles. The molecule has 0 bridgehead atoms. The van der Waals surface area contributed by atoms with Gasteiger partial charge >= 0.3 is 0 Å². The number of hydrogen-bond acceptors (Lipinski definition) is 3. The number of hydrogen-bond donors (Lipinski definition) is 2. The summed E-state index contributed by atoms with van der Waals surface area (Å²) in [5, 5.41) is 3.94. The van der Waals surface area contributed by atoms with Gasteiger partial charge in [0.1, 0.15) is 17.2 Å². The Bertz CT molecular complexity index is 1070. The molecule has 4 aromatic rings. The third-order valence-electron chi connectivity index (χ3n) is 4.22. The first-order valence-electron chi connectivity index (χ1n) is 8.52. The molecule has 134 valence electrons. The Hall–Kier alpha value is -3.73. The number of rotatable bonds is 5. The van der Waals surface area contributed by atoms with Gasteiger partial charge in [-0.2, -0.15) is 0 Å². The molecule has 1 heterocycles. The van der Waals surface area contributed by atoms with Gasteiger partial charge in [-0.15, -0.1) is 0 Å². The molecule has 0 spiro atoms. The summed E-state index contributed by atoms with van der Waals surface area (Å²) < 4.78 is 11.0. The predicted octanol–water partition coefficient (Wildman–Crippen LogP) is 5.22. The maximum Gasteiger partial charge on any atom is 0.255 e. The van der Waals surface area contributed by atoms with E-state index in [2.05, 4.69) is 10.3 Å². The zero-order chi connectivity index (χ0) is 18.6. The fourth-order valence-electron chi connectivity index (χ4n) is 2.78. The van der Waals surface area contributed by atoms with Crippen molar-refractivity contribution in [3.05, 3.63) is 84.6 Å². The number of ether oxygens (including phenoxy) is 2. The number of carbonyl (C=O) groups is 1. The maximum absolute atomic E-state index is 12.4. The zero-order valence-electron chi connectivity index (χ0n) is 14.7. The molecule has 0 radical (unpaired) electrons. The normalized spacial score (nSPS) is 10.6. The minimum Gasteiger partial charge on any atom is -0.497 e. The molecule has 0 aliphatic carbocycles. The molecule has 0 fully saturated rings. The van der Waals surface area contributed by atoms with E-state index in [4.69, 9.17) is 9.47 Å². The van der Waals surface area contributed by atoms with Gasteiger partial charge < -0.3 is 19.8 Å². The van der Waals surface area contributed by atoms with Crippen molar-refractivity contribution in [1.29, 1.82) is 0 Å². The van der Waals surface area contributed by atoms with Gasteiger partial charge in [-0.3, -0.25) is 4.79 Å². The molecular formula is C22H18N2O3. The number of anilines is 1. The molecule has 0 saturated heterocycles. The first-order valence-corrected chi connectivity index (χ1v) is 8.52. The highest BCUT2D eigenvalue weighted by atomic mass is 16.5. The van der Waals surface area contributed by atoms with Crippen molar-refractivity contribution in [2.24, 2.45) is 0 Å². The minimum atomic E-state index is -0.180. The van der Waals surface area contributed by atoms with Crippen molar-refractivity contribution in [3.8, 4) is 17.2 Å². The highest BCUT2D eigenvalue weighted by Gasteiger charge is 2.07. The third kappa shape index (κ3) is 3.77. The quantitative estimate of drug-likeness (QED) is 0.514. The Kier molecular flexibility index (Phi) is 4.49. The van der Waals surface area contributed by atoms with Crippen LogP contribution in [0.25, 0.3) is 10.9 Å². The lowest BCUT2D eigenvalue weighted by atomic mass is 10.2. The van der Waals surface area contributed by atoms with Crippen molar-refractivity contribution < 1.29 is 14.3 Å². The Balaban J connectivity index is 1.43. The molecule has 0 aliphatic heterocycles.